The first-order valence-electron chi connectivity index (χ1n) is 7.15. The van der Waals surface area contributed by atoms with Gasteiger partial charge in [0.15, 0.2) is 0 Å². The van der Waals surface area contributed by atoms with Crippen molar-refractivity contribution < 1.29 is 14.7 Å². The minimum Gasteiger partial charge on any atom is -0.481 e. The van der Waals surface area contributed by atoms with Crippen LogP contribution in [0.25, 0.3) is 0 Å². The van der Waals surface area contributed by atoms with Gasteiger partial charge < -0.3 is 10.0 Å². The van der Waals surface area contributed by atoms with Gasteiger partial charge in [0.1, 0.15) is 0 Å². The summed E-state index contributed by atoms with van der Waals surface area (Å²) in [5.41, 5.74) is 1.03. The Kier molecular flexibility index (Phi) is 4.93. The van der Waals surface area contributed by atoms with Gasteiger partial charge in [0.05, 0.1) is 5.41 Å². The third-order valence-corrected chi connectivity index (χ3v) is 4.90. The first-order chi connectivity index (χ1) is 9.96. The van der Waals surface area contributed by atoms with E-state index in [1.807, 2.05) is 36.0 Å². The number of carbonyl (C=O) groups is 2. The van der Waals surface area contributed by atoms with E-state index in [2.05, 4.69) is 6.92 Å². The Balaban J connectivity index is 2.02. The van der Waals surface area contributed by atoms with Crippen LogP contribution >= 0.6 is 11.8 Å². The molecule has 114 valence electrons. The Morgan fingerprint density at radius 3 is 2.52 bits per heavy atom. The number of aliphatic carboxylic acids is 1. The Bertz CT molecular complexity index is 529. The molecule has 0 aliphatic carbocycles. The van der Waals surface area contributed by atoms with Gasteiger partial charge in [-0.3, -0.25) is 9.59 Å². The van der Waals surface area contributed by atoms with Crippen LogP contribution in [0.5, 0.6) is 0 Å². The maximum Gasteiger partial charge on any atom is 0.311 e. The van der Waals surface area contributed by atoms with Crippen molar-refractivity contribution in [3.63, 3.8) is 0 Å². The van der Waals surface area contributed by atoms with Gasteiger partial charge >= 0.3 is 5.97 Å². The SMILES string of the molecule is CCSCc1ccc(C(=O)N2CCC(C)(C(=O)O)C2)cc1. The van der Waals surface area contributed by atoms with Crippen LogP contribution in [0.4, 0.5) is 0 Å². The molecule has 5 heteroatoms. The van der Waals surface area contributed by atoms with E-state index >= 15 is 0 Å². The highest BCUT2D eigenvalue weighted by Crippen LogP contribution is 2.31. The van der Waals surface area contributed by atoms with Gasteiger partial charge in [0.2, 0.25) is 0 Å². The smallest absolute Gasteiger partial charge is 0.311 e. The van der Waals surface area contributed by atoms with Gasteiger partial charge in [-0.05, 0) is 36.8 Å². The van der Waals surface area contributed by atoms with Crippen LogP contribution in [-0.4, -0.2) is 40.7 Å². The summed E-state index contributed by atoms with van der Waals surface area (Å²) in [6.45, 7) is 4.62. The molecule has 1 unspecified atom stereocenters. The maximum atomic E-state index is 12.4. The molecule has 1 aromatic carbocycles. The lowest BCUT2D eigenvalue weighted by Gasteiger charge is -2.20. The van der Waals surface area contributed by atoms with Gasteiger partial charge in [0.25, 0.3) is 5.91 Å². The molecule has 1 fully saturated rings. The predicted molar refractivity (Wildman–Crippen MR) is 84.5 cm³/mol. The summed E-state index contributed by atoms with van der Waals surface area (Å²) < 4.78 is 0. The summed E-state index contributed by atoms with van der Waals surface area (Å²) >= 11 is 1.84. The number of carbonyl (C=O) groups excluding carboxylic acids is 1. The van der Waals surface area contributed by atoms with Crippen molar-refractivity contribution in [1.82, 2.24) is 4.90 Å². The highest BCUT2D eigenvalue weighted by atomic mass is 32.2. The average Bonchev–Trinajstić information content (AvgIpc) is 2.89. The summed E-state index contributed by atoms with van der Waals surface area (Å²) in [4.78, 5) is 25.3. The molecule has 0 aromatic heterocycles. The lowest BCUT2D eigenvalue weighted by molar-refractivity contribution is -0.147. The monoisotopic (exact) mass is 307 g/mol. The zero-order chi connectivity index (χ0) is 15.5. The molecule has 1 amide bonds. The van der Waals surface area contributed by atoms with Crippen LogP contribution in [0, 0.1) is 5.41 Å². The third-order valence-electron chi connectivity index (χ3n) is 3.95. The van der Waals surface area contributed by atoms with Gasteiger partial charge in [-0.25, -0.2) is 0 Å². The molecule has 2 rings (SSSR count). The number of carboxylic acid groups (broad SMARTS) is 1. The van der Waals surface area contributed by atoms with E-state index < -0.39 is 11.4 Å². The largest absolute Gasteiger partial charge is 0.481 e. The lowest BCUT2D eigenvalue weighted by Crippen LogP contribution is -2.34. The van der Waals surface area contributed by atoms with Crippen molar-refractivity contribution in [2.45, 2.75) is 26.0 Å². The van der Waals surface area contributed by atoms with Crippen molar-refractivity contribution in [2.75, 3.05) is 18.8 Å². The van der Waals surface area contributed by atoms with Crippen LogP contribution in [0.1, 0.15) is 36.2 Å². The number of rotatable bonds is 5. The quantitative estimate of drug-likeness (QED) is 0.909. The van der Waals surface area contributed by atoms with Gasteiger partial charge in [-0.2, -0.15) is 11.8 Å². The second-order valence-corrected chi connectivity index (χ2v) is 6.95. The number of carboxylic acids is 1. The number of amides is 1. The minimum atomic E-state index is -0.829. The first kappa shape index (κ1) is 15.9. The Labute approximate surface area is 129 Å². The molecule has 1 aromatic rings. The van der Waals surface area contributed by atoms with Crippen molar-refractivity contribution in [1.29, 1.82) is 0 Å². The Morgan fingerprint density at radius 2 is 2.00 bits per heavy atom. The number of benzene rings is 1. The molecule has 1 aliphatic heterocycles. The fourth-order valence-corrected chi connectivity index (χ4v) is 3.09. The molecule has 0 radical (unpaired) electrons. The van der Waals surface area contributed by atoms with Crippen LogP contribution in [0.2, 0.25) is 0 Å². The van der Waals surface area contributed by atoms with Gasteiger partial charge in [0, 0.05) is 24.4 Å². The molecular weight excluding hydrogens is 286 g/mol. The Morgan fingerprint density at radius 1 is 1.33 bits per heavy atom. The van der Waals surface area contributed by atoms with Crippen LogP contribution in [0.15, 0.2) is 24.3 Å². The average molecular weight is 307 g/mol. The van der Waals surface area contributed by atoms with Crippen molar-refractivity contribution in [2.24, 2.45) is 5.41 Å². The van der Waals surface area contributed by atoms with E-state index in [0.717, 1.165) is 11.5 Å². The molecule has 1 saturated heterocycles. The summed E-state index contributed by atoms with van der Waals surface area (Å²) in [5.74, 6) is 1.12. The van der Waals surface area contributed by atoms with E-state index in [1.54, 1.807) is 11.8 Å². The van der Waals surface area contributed by atoms with Crippen molar-refractivity contribution in [3.8, 4) is 0 Å². The molecule has 0 spiro atoms. The fourth-order valence-electron chi connectivity index (χ4n) is 2.46. The van der Waals surface area contributed by atoms with E-state index in [4.69, 9.17) is 0 Å². The predicted octanol–water partition coefficient (Wildman–Crippen LogP) is 2.88. The Hall–Kier alpha value is -1.49. The summed E-state index contributed by atoms with van der Waals surface area (Å²) in [6, 6.07) is 7.62. The molecule has 1 atom stereocenters. The second kappa shape index (κ2) is 6.52. The first-order valence-corrected chi connectivity index (χ1v) is 8.31. The number of likely N-dealkylation sites (tertiary alicyclic amines) is 1. The lowest BCUT2D eigenvalue weighted by atomic mass is 9.90. The van der Waals surface area contributed by atoms with E-state index in [-0.39, 0.29) is 12.5 Å². The summed E-state index contributed by atoms with van der Waals surface area (Å²) in [5, 5.41) is 9.22. The molecular formula is C16H21NO3S. The molecule has 1 N–H and O–H groups in total. The number of thioether (sulfide) groups is 1. The van der Waals surface area contributed by atoms with Crippen LogP contribution in [0.3, 0.4) is 0 Å². The molecule has 0 bridgehead atoms. The zero-order valence-electron chi connectivity index (χ0n) is 12.5. The highest BCUT2D eigenvalue weighted by molar-refractivity contribution is 7.98. The molecule has 21 heavy (non-hydrogen) atoms. The third kappa shape index (κ3) is 3.59. The molecule has 0 saturated carbocycles. The number of nitrogens with zero attached hydrogens (tertiary/aromatic N) is 1. The zero-order valence-corrected chi connectivity index (χ0v) is 13.3. The second-order valence-electron chi connectivity index (χ2n) is 5.68. The minimum absolute atomic E-state index is 0.0744. The highest BCUT2D eigenvalue weighted by Gasteiger charge is 2.42. The van der Waals surface area contributed by atoms with E-state index in [0.29, 0.717) is 18.5 Å². The van der Waals surface area contributed by atoms with Gasteiger partial charge in [-0.15, -0.1) is 0 Å². The van der Waals surface area contributed by atoms with E-state index in [1.165, 1.54) is 5.56 Å². The topological polar surface area (TPSA) is 57.6 Å². The van der Waals surface area contributed by atoms with Crippen molar-refractivity contribution >= 4 is 23.6 Å². The normalized spacial score (nSPS) is 21.5. The van der Waals surface area contributed by atoms with Crippen LogP contribution < -0.4 is 0 Å². The summed E-state index contributed by atoms with van der Waals surface area (Å²) in [6.07, 6.45) is 0.513. The van der Waals surface area contributed by atoms with E-state index in [9.17, 15) is 14.7 Å². The molecule has 4 nitrogen and oxygen atoms in total. The van der Waals surface area contributed by atoms with Crippen LogP contribution in [-0.2, 0) is 10.5 Å². The van der Waals surface area contributed by atoms with Gasteiger partial charge in [-0.1, -0.05) is 19.1 Å². The van der Waals surface area contributed by atoms with Crippen molar-refractivity contribution in [3.05, 3.63) is 35.4 Å². The standard InChI is InChI=1S/C16H21NO3S/c1-3-21-10-12-4-6-13(7-5-12)14(18)17-9-8-16(2,11-17)15(19)20/h4-7H,3,8-11H2,1-2H3,(H,19,20). The maximum absolute atomic E-state index is 12.4. The molecule has 1 heterocycles. The number of hydrogen-bond acceptors (Lipinski definition) is 3. The summed E-state index contributed by atoms with van der Waals surface area (Å²) in [7, 11) is 0. The molecule has 1 aliphatic rings. The fraction of sp³-hybridized carbons (Fsp3) is 0.500. The number of hydrogen-bond donors (Lipinski definition) is 1.